The number of hydrogen-bond acceptors (Lipinski definition) is 8. The first-order valence-electron chi connectivity index (χ1n) is 20.6. The van der Waals surface area contributed by atoms with Gasteiger partial charge in [0.1, 0.15) is 23.7 Å². The second-order valence-corrected chi connectivity index (χ2v) is 16.6. The number of benzene rings is 2. The minimum Gasteiger partial charge on any atom is -0.453 e. The smallest absolute Gasteiger partial charge is 0.407 e. The number of alkyl carbamates (subject to hydrolysis) is 2. The lowest BCUT2D eigenvalue weighted by Crippen LogP contribution is -2.51. The summed E-state index contributed by atoms with van der Waals surface area (Å²) in [4.78, 5) is 75.2. The van der Waals surface area contributed by atoms with E-state index >= 15 is 0 Å². The monoisotopic (exact) mass is 803 g/mol. The lowest BCUT2D eigenvalue weighted by Gasteiger charge is -2.30. The van der Waals surface area contributed by atoms with Crippen LogP contribution >= 0.6 is 0 Å². The summed E-state index contributed by atoms with van der Waals surface area (Å²) < 4.78 is 9.57. The predicted molar refractivity (Wildman–Crippen MR) is 222 cm³/mol. The summed E-state index contributed by atoms with van der Waals surface area (Å²) >= 11 is 0. The van der Waals surface area contributed by atoms with Gasteiger partial charge in [-0.2, -0.15) is 0 Å². The summed E-state index contributed by atoms with van der Waals surface area (Å²) in [5.41, 5.74) is 9.72. The van der Waals surface area contributed by atoms with Gasteiger partial charge in [-0.3, -0.25) is 9.59 Å². The van der Waals surface area contributed by atoms with Crippen molar-refractivity contribution in [1.82, 2.24) is 45.4 Å². The molecule has 2 fully saturated rings. The molecule has 5 aromatic rings. The molecule has 0 bridgehead atoms. The Hall–Kier alpha value is -6.12. The van der Waals surface area contributed by atoms with Crippen LogP contribution in [-0.2, 0) is 31.9 Å². The highest BCUT2D eigenvalue weighted by atomic mass is 16.5. The molecule has 2 aliphatic heterocycles. The van der Waals surface area contributed by atoms with Gasteiger partial charge in [0.25, 0.3) is 0 Å². The molecule has 4 amide bonds. The second kappa shape index (κ2) is 16.3. The number of nitrogens with one attached hydrogen (secondary N) is 5. The Labute approximate surface area is 343 Å². The van der Waals surface area contributed by atoms with Crippen LogP contribution in [-0.4, -0.2) is 98.1 Å². The van der Waals surface area contributed by atoms with E-state index in [1.807, 2.05) is 49.9 Å². The Morgan fingerprint density at radius 3 is 1.76 bits per heavy atom. The lowest BCUT2D eigenvalue weighted by molar-refractivity contribution is -0.136. The first kappa shape index (κ1) is 39.7. The standard InChI is InChI=1S/C44H53N9O6/c1-23(2)36(50-43(56)58-5)41(54)52-17-7-9-34(52)39-45-21-32(48-39)26-12-14-28-25(19-26)11-15-29-30-20-27(13-16-31(30)47-38(28)29)33-22-46-40(49-33)35-10-8-18-53(35)42(55)37(24(3)4)51-44(57)59-6/h12-14,16,19-24,34-37,47H,7-11,15,17-18H2,1-6H3,(H,45,48)(H,46,49)(H,50,56)(H,51,57)/t34-,35-,36-,37?/m0/s1. The van der Waals surface area contributed by atoms with Crippen LogP contribution in [0.4, 0.5) is 9.59 Å². The Bertz CT molecular complexity index is 2390. The molecular weight excluding hydrogens is 751 g/mol. The number of carbonyl (C=O) groups is 4. The van der Waals surface area contributed by atoms with Gasteiger partial charge in [-0.25, -0.2) is 19.6 Å². The quantitative estimate of drug-likeness (QED) is 0.102. The Morgan fingerprint density at radius 2 is 1.24 bits per heavy atom. The van der Waals surface area contributed by atoms with Gasteiger partial charge in [-0.1, -0.05) is 45.9 Å². The molecule has 5 N–H and O–H groups in total. The van der Waals surface area contributed by atoms with Crippen LogP contribution < -0.4 is 10.6 Å². The van der Waals surface area contributed by atoms with Gasteiger partial charge in [0.05, 0.1) is 50.1 Å². The molecule has 3 aromatic heterocycles. The zero-order valence-electron chi connectivity index (χ0n) is 34.5. The summed E-state index contributed by atoms with van der Waals surface area (Å²) in [5, 5.41) is 6.60. The largest absolute Gasteiger partial charge is 0.453 e. The Morgan fingerprint density at radius 1 is 0.712 bits per heavy atom. The number of ether oxygens (including phenoxy) is 2. The van der Waals surface area contributed by atoms with Gasteiger partial charge in [0.2, 0.25) is 11.8 Å². The number of imidazole rings is 2. The molecule has 4 atom stereocenters. The Kier molecular flexibility index (Phi) is 10.9. The van der Waals surface area contributed by atoms with Crippen LogP contribution in [0.3, 0.4) is 0 Å². The molecule has 2 saturated heterocycles. The molecule has 8 rings (SSSR count). The summed E-state index contributed by atoms with van der Waals surface area (Å²) in [6.45, 7) is 8.83. The third kappa shape index (κ3) is 7.54. The average Bonchev–Trinajstić information content (AvgIpc) is 4.09. The van der Waals surface area contributed by atoms with E-state index in [0.717, 1.165) is 83.9 Å². The van der Waals surface area contributed by atoms with E-state index in [0.29, 0.717) is 13.1 Å². The lowest BCUT2D eigenvalue weighted by atomic mass is 9.87. The highest BCUT2D eigenvalue weighted by Gasteiger charge is 2.39. The van der Waals surface area contributed by atoms with Crippen molar-refractivity contribution in [2.24, 2.45) is 11.8 Å². The van der Waals surface area contributed by atoms with Gasteiger partial charge >= 0.3 is 12.2 Å². The number of carbonyl (C=O) groups excluding carboxylic acids is 4. The number of likely N-dealkylation sites (tertiary alicyclic amines) is 2. The summed E-state index contributed by atoms with van der Waals surface area (Å²) in [6.07, 6.45) is 7.47. The van der Waals surface area contributed by atoms with Crippen molar-refractivity contribution in [2.75, 3.05) is 27.3 Å². The van der Waals surface area contributed by atoms with Crippen LogP contribution in [0.5, 0.6) is 0 Å². The maximum absolute atomic E-state index is 13.7. The number of aromatic amines is 3. The fourth-order valence-electron chi connectivity index (χ4n) is 9.07. The molecule has 2 aromatic carbocycles. The summed E-state index contributed by atoms with van der Waals surface area (Å²) in [7, 11) is 2.59. The normalized spacial score (nSPS) is 18.5. The first-order chi connectivity index (χ1) is 28.4. The molecule has 0 radical (unpaired) electrons. The van der Waals surface area contributed by atoms with E-state index in [9.17, 15) is 19.2 Å². The van der Waals surface area contributed by atoms with E-state index in [2.05, 4.69) is 62.0 Å². The van der Waals surface area contributed by atoms with Crippen molar-refractivity contribution in [1.29, 1.82) is 0 Å². The van der Waals surface area contributed by atoms with Crippen LogP contribution in [0, 0.1) is 11.8 Å². The van der Waals surface area contributed by atoms with Crippen molar-refractivity contribution < 1.29 is 28.7 Å². The van der Waals surface area contributed by atoms with Crippen molar-refractivity contribution >= 4 is 34.9 Å². The topological polar surface area (TPSA) is 190 Å². The zero-order valence-corrected chi connectivity index (χ0v) is 34.5. The molecule has 1 unspecified atom stereocenters. The minimum atomic E-state index is -0.691. The fraction of sp³-hybridized carbons (Fsp3) is 0.455. The van der Waals surface area contributed by atoms with Gasteiger partial charge in [-0.05, 0) is 85.3 Å². The molecular formula is C44H53N9O6. The number of aromatic nitrogens is 5. The summed E-state index contributed by atoms with van der Waals surface area (Å²) in [5.74, 6) is 0.995. The number of amides is 4. The van der Waals surface area contributed by atoms with Crippen LogP contribution in [0.1, 0.15) is 88.2 Å². The average molecular weight is 804 g/mol. The number of hydrogen-bond donors (Lipinski definition) is 5. The maximum Gasteiger partial charge on any atom is 0.407 e. The third-order valence-electron chi connectivity index (χ3n) is 12.2. The molecule has 1 aliphatic carbocycles. The number of rotatable bonds is 10. The highest BCUT2D eigenvalue weighted by molar-refractivity contribution is 5.95. The number of nitrogens with zero attached hydrogens (tertiary/aromatic N) is 4. The first-order valence-corrected chi connectivity index (χ1v) is 20.6. The number of aryl methyl sites for hydroxylation is 2. The number of methoxy groups -OCH3 is 2. The van der Waals surface area contributed by atoms with Crippen molar-refractivity contribution in [3.8, 4) is 33.8 Å². The maximum atomic E-state index is 13.7. The molecule has 3 aliphatic rings. The van der Waals surface area contributed by atoms with Gasteiger partial charge in [-0.15, -0.1) is 0 Å². The van der Waals surface area contributed by atoms with Gasteiger partial charge in [0.15, 0.2) is 0 Å². The van der Waals surface area contributed by atoms with Crippen molar-refractivity contribution in [2.45, 2.75) is 90.4 Å². The molecule has 15 nitrogen and oxygen atoms in total. The molecule has 59 heavy (non-hydrogen) atoms. The molecule has 15 heteroatoms. The van der Waals surface area contributed by atoms with Gasteiger partial charge < -0.3 is 44.9 Å². The zero-order chi connectivity index (χ0) is 41.5. The number of H-pyrrole nitrogens is 3. The van der Waals surface area contributed by atoms with E-state index in [1.54, 1.807) is 0 Å². The van der Waals surface area contributed by atoms with Crippen molar-refractivity contribution in [3.05, 3.63) is 71.6 Å². The van der Waals surface area contributed by atoms with E-state index < -0.39 is 24.3 Å². The van der Waals surface area contributed by atoms with Crippen LogP contribution in [0.2, 0.25) is 0 Å². The number of fused-ring (bicyclic) bond motifs is 5. The van der Waals surface area contributed by atoms with Crippen molar-refractivity contribution in [3.63, 3.8) is 0 Å². The second-order valence-electron chi connectivity index (χ2n) is 16.6. The highest BCUT2D eigenvalue weighted by Crippen LogP contribution is 2.41. The van der Waals surface area contributed by atoms with Crippen LogP contribution in [0.15, 0.2) is 48.8 Å². The summed E-state index contributed by atoms with van der Waals surface area (Å²) in [6, 6.07) is 11.2. The van der Waals surface area contributed by atoms with E-state index in [1.165, 1.54) is 36.3 Å². The molecule has 310 valence electrons. The van der Waals surface area contributed by atoms with Crippen LogP contribution in [0.25, 0.3) is 44.7 Å². The fourth-order valence-corrected chi connectivity index (χ4v) is 9.07. The molecule has 0 spiro atoms. The van der Waals surface area contributed by atoms with E-state index in [4.69, 9.17) is 19.4 Å². The van der Waals surface area contributed by atoms with Gasteiger partial charge in [0, 0.05) is 40.8 Å². The Balaban J connectivity index is 0.995. The third-order valence-corrected chi connectivity index (χ3v) is 12.2. The van der Waals surface area contributed by atoms with E-state index in [-0.39, 0.29) is 35.7 Å². The minimum absolute atomic E-state index is 0.105. The molecule has 5 heterocycles. The predicted octanol–water partition coefficient (Wildman–Crippen LogP) is 6.80. The SMILES string of the molecule is COC(=O)NC(C(=O)N1CCC[C@H]1c1ncc(-c2ccc3[nH]c4c(c3c2)CCc2cc(-c3cnc([C@@H]5CCCN5C(=O)[C@@H](NC(=O)OC)C(C)C)[nH]3)ccc2-4)[nH]1)C(C)C. The molecule has 0 saturated carbocycles.